The molecule has 1 saturated heterocycles. The van der Waals surface area contributed by atoms with E-state index in [4.69, 9.17) is 9.47 Å². The number of hydrogen-bond acceptors (Lipinski definition) is 2. The highest BCUT2D eigenvalue weighted by Gasteiger charge is 2.18. The van der Waals surface area contributed by atoms with Gasteiger partial charge in [-0.25, -0.2) is 0 Å². The first-order valence-electron chi connectivity index (χ1n) is 6.63. The average molecular weight is 214 g/mol. The molecule has 0 spiro atoms. The predicted molar refractivity (Wildman–Crippen MR) is 62.9 cm³/mol. The lowest BCUT2D eigenvalue weighted by Gasteiger charge is -2.27. The van der Waals surface area contributed by atoms with E-state index in [1.165, 1.54) is 44.9 Å². The number of ether oxygens (including phenoxy) is 2. The smallest absolute Gasteiger partial charge is 0.157 e. The van der Waals surface area contributed by atoms with Crippen LogP contribution in [-0.4, -0.2) is 19.0 Å². The molecule has 1 heterocycles. The van der Waals surface area contributed by atoms with Crippen LogP contribution in [0, 0.1) is 0 Å². The van der Waals surface area contributed by atoms with Crippen LogP contribution in [0.15, 0.2) is 0 Å². The summed E-state index contributed by atoms with van der Waals surface area (Å²) >= 11 is 0. The molecular weight excluding hydrogens is 188 g/mol. The fourth-order valence-electron chi connectivity index (χ4n) is 2.07. The Balaban J connectivity index is 2.21. The lowest BCUT2D eigenvalue weighted by atomic mass is 10.1. The zero-order valence-corrected chi connectivity index (χ0v) is 10.3. The zero-order chi connectivity index (χ0) is 10.9. The maximum atomic E-state index is 6.01. The summed E-state index contributed by atoms with van der Waals surface area (Å²) in [6.07, 6.45) is 10.2. The van der Waals surface area contributed by atoms with Gasteiger partial charge in [-0.15, -0.1) is 0 Å². The van der Waals surface area contributed by atoms with Gasteiger partial charge in [0.2, 0.25) is 0 Å². The summed E-state index contributed by atoms with van der Waals surface area (Å²) in [4.78, 5) is 0. The molecule has 0 aromatic rings. The molecular formula is C13H26O2. The van der Waals surface area contributed by atoms with E-state index in [0.29, 0.717) is 6.10 Å². The van der Waals surface area contributed by atoms with E-state index in [-0.39, 0.29) is 6.29 Å². The molecule has 0 N–H and O–H groups in total. The molecule has 0 aromatic carbocycles. The Bertz CT molecular complexity index is 141. The van der Waals surface area contributed by atoms with Crippen molar-refractivity contribution in [3.05, 3.63) is 0 Å². The predicted octanol–water partition coefficient (Wildman–Crippen LogP) is 3.89. The highest BCUT2D eigenvalue weighted by atomic mass is 16.7. The standard InChI is InChI=1S/C13H26O2/c1-3-5-9-12(8-4-2)15-13-10-6-7-11-14-13/h12-13H,3-11H2,1-2H3. The van der Waals surface area contributed by atoms with Gasteiger partial charge < -0.3 is 9.47 Å². The maximum absolute atomic E-state index is 6.01. The van der Waals surface area contributed by atoms with Crippen molar-refractivity contribution < 1.29 is 9.47 Å². The molecule has 2 heteroatoms. The summed E-state index contributed by atoms with van der Waals surface area (Å²) < 4.78 is 11.6. The number of hydrogen-bond donors (Lipinski definition) is 0. The third-order valence-electron chi connectivity index (χ3n) is 2.97. The molecule has 90 valence electrons. The highest BCUT2D eigenvalue weighted by molar-refractivity contribution is 4.61. The third kappa shape index (κ3) is 5.53. The Kier molecular flexibility index (Phi) is 7.03. The minimum Gasteiger partial charge on any atom is -0.353 e. The van der Waals surface area contributed by atoms with Gasteiger partial charge in [0, 0.05) is 6.61 Å². The Morgan fingerprint density at radius 2 is 2.07 bits per heavy atom. The van der Waals surface area contributed by atoms with Crippen molar-refractivity contribution in [3.63, 3.8) is 0 Å². The van der Waals surface area contributed by atoms with Crippen molar-refractivity contribution in [2.24, 2.45) is 0 Å². The maximum Gasteiger partial charge on any atom is 0.157 e. The second-order valence-electron chi connectivity index (χ2n) is 4.49. The second-order valence-corrected chi connectivity index (χ2v) is 4.49. The van der Waals surface area contributed by atoms with Crippen LogP contribution in [-0.2, 0) is 9.47 Å². The van der Waals surface area contributed by atoms with Gasteiger partial charge in [-0.05, 0) is 32.1 Å². The van der Waals surface area contributed by atoms with E-state index in [2.05, 4.69) is 13.8 Å². The Morgan fingerprint density at radius 3 is 2.67 bits per heavy atom. The zero-order valence-electron chi connectivity index (χ0n) is 10.3. The lowest BCUT2D eigenvalue weighted by molar-refractivity contribution is -0.190. The second kappa shape index (κ2) is 8.12. The van der Waals surface area contributed by atoms with Gasteiger partial charge in [-0.3, -0.25) is 0 Å². The van der Waals surface area contributed by atoms with E-state index in [0.717, 1.165) is 13.0 Å². The SMILES string of the molecule is CCCCC(CCC)OC1CCCCO1. The third-order valence-corrected chi connectivity index (χ3v) is 2.97. The first kappa shape index (κ1) is 13.0. The molecule has 1 fully saturated rings. The Morgan fingerprint density at radius 1 is 1.20 bits per heavy atom. The van der Waals surface area contributed by atoms with Crippen LogP contribution in [0.4, 0.5) is 0 Å². The lowest BCUT2D eigenvalue weighted by Crippen LogP contribution is -2.27. The van der Waals surface area contributed by atoms with Crippen LogP contribution in [0.5, 0.6) is 0 Å². The first-order valence-corrected chi connectivity index (χ1v) is 6.63. The monoisotopic (exact) mass is 214 g/mol. The van der Waals surface area contributed by atoms with E-state index in [1.807, 2.05) is 0 Å². The molecule has 0 radical (unpaired) electrons. The molecule has 2 unspecified atom stereocenters. The van der Waals surface area contributed by atoms with Crippen LogP contribution < -0.4 is 0 Å². The van der Waals surface area contributed by atoms with Gasteiger partial charge in [-0.1, -0.05) is 33.1 Å². The van der Waals surface area contributed by atoms with Crippen LogP contribution >= 0.6 is 0 Å². The summed E-state index contributed by atoms with van der Waals surface area (Å²) in [5, 5.41) is 0. The van der Waals surface area contributed by atoms with Gasteiger partial charge in [-0.2, -0.15) is 0 Å². The van der Waals surface area contributed by atoms with Crippen molar-refractivity contribution in [1.82, 2.24) is 0 Å². The number of rotatable bonds is 7. The number of unbranched alkanes of at least 4 members (excludes halogenated alkanes) is 1. The molecule has 0 saturated carbocycles. The van der Waals surface area contributed by atoms with Gasteiger partial charge >= 0.3 is 0 Å². The molecule has 2 atom stereocenters. The normalized spacial score (nSPS) is 24.0. The van der Waals surface area contributed by atoms with E-state index < -0.39 is 0 Å². The Hall–Kier alpha value is -0.0800. The molecule has 0 aromatic heterocycles. The summed E-state index contributed by atoms with van der Waals surface area (Å²) in [5.41, 5.74) is 0. The molecule has 0 aliphatic carbocycles. The van der Waals surface area contributed by atoms with Gasteiger partial charge in [0.25, 0.3) is 0 Å². The summed E-state index contributed by atoms with van der Waals surface area (Å²) in [7, 11) is 0. The van der Waals surface area contributed by atoms with Crippen LogP contribution in [0.25, 0.3) is 0 Å². The van der Waals surface area contributed by atoms with E-state index in [1.54, 1.807) is 0 Å². The molecule has 15 heavy (non-hydrogen) atoms. The average Bonchev–Trinajstić information content (AvgIpc) is 2.28. The van der Waals surface area contributed by atoms with Gasteiger partial charge in [0.05, 0.1) is 6.10 Å². The molecule has 1 rings (SSSR count). The van der Waals surface area contributed by atoms with Crippen LogP contribution in [0.2, 0.25) is 0 Å². The van der Waals surface area contributed by atoms with Crippen molar-refractivity contribution in [2.75, 3.05) is 6.61 Å². The van der Waals surface area contributed by atoms with Crippen LogP contribution in [0.3, 0.4) is 0 Å². The molecule has 2 nitrogen and oxygen atoms in total. The molecule has 1 aliphatic heterocycles. The minimum atomic E-state index is 0.0900. The first-order chi connectivity index (χ1) is 7.36. The topological polar surface area (TPSA) is 18.5 Å². The van der Waals surface area contributed by atoms with Gasteiger partial charge in [0.15, 0.2) is 6.29 Å². The summed E-state index contributed by atoms with van der Waals surface area (Å²) in [6.45, 7) is 5.35. The van der Waals surface area contributed by atoms with Crippen molar-refractivity contribution in [3.8, 4) is 0 Å². The Labute approximate surface area is 94.3 Å². The van der Waals surface area contributed by atoms with Crippen molar-refractivity contribution in [1.29, 1.82) is 0 Å². The van der Waals surface area contributed by atoms with Gasteiger partial charge in [0.1, 0.15) is 0 Å². The van der Waals surface area contributed by atoms with Crippen molar-refractivity contribution in [2.45, 2.75) is 77.6 Å². The van der Waals surface area contributed by atoms with E-state index >= 15 is 0 Å². The largest absolute Gasteiger partial charge is 0.353 e. The summed E-state index contributed by atoms with van der Waals surface area (Å²) in [6, 6.07) is 0. The molecule has 0 bridgehead atoms. The fourth-order valence-corrected chi connectivity index (χ4v) is 2.07. The highest BCUT2D eigenvalue weighted by Crippen LogP contribution is 2.19. The fraction of sp³-hybridized carbons (Fsp3) is 1.00. The molecule has 1 aliphatic rings. The van der Waals surface area contributed by atoms with Crippen molar-refractivity contribution >= 4 is 0 Å². The summed E-state index contributed by atoms with van der Waals surface area (Å²) in [5.74, 6) is 0. The quantitative estimate of drug-likeness (QED) is 0.640. The van der Waals surface area contributed by atoms with Crippen LogP contribution in [0.1, 0.15) is 65.2 Å². The molecule has 0 amide bonds. The minimum absolute atomic E-state index is 0.0900. The van der Waals surface area contributed by atoms with E-state index in [9.17, 15) is 0 Å².